The molecule has 0 aromatic heterocycles. The Hall–Kier alpha value is -1.67. The largest absolute Gasteiger partial charge is 0.497 e. The summed E-state index contributed by atoms with van der Waals surface area (Å²) in [4.78, 5) is 0. The molecule has 5 atom stereocenters. The molecule has 0 spiro atoms. The van der Waals surface area contributed by atoms with E-state index in [-0.39, 0.29) is 10.6 Å². The molecule has 1 aliphatic heterocycles. The topological polar surface area (TPSA) is 99.4 Å². The van der Waals surface area contributed by atoms with Gasteiger partial charge >= 0.3 is 0 Å². The SMILES string of the molecule is [2H]C([2H])(c1ccc(OC)cc1)c1cc([C@@H]2O[C@H](CO)[C@@H](O)[C@H](O)[C@H]2O)ccc1Cl. The Morgan fingerprint density at radius 1 is 1.07 bits per heavy atom. The molecule has 2 aromatic rings. The van der Waals surface area contributed by atoms with E-state index in [4.69, 9.17) is 23.8 Å². The van der Waals surface area contributed by atoms with Gasteiger partial charge in [-0.1, -0.05) is 35.9 Å². The molecule has 4 N–H and O–H groups in total. The van der Waals surface area contributed by atoms with Crippen LogP contribution in [-0.4, -0.2) is 58.6 Å². The van der Waals surface area contributed by atoms with Crippen LogP contribution in [0.4, 0.5) is 0 Å². The molecule has 3 rings (SSSR count). The van der Waals surface area contributed by atoms with Gasteiger partial charge in [-0.05, 0) is 41.3 Å². The standard InChI is InChI=1S/C20H23ClO6/c1-26-14-5-2-11(3-6-14)8-13-9-12(4-7-15(13)21)20-19(25)18(24)17(23)16(10-22)27-20/h2-7,9,16-20,22-25H,8,10H2,1H3/t16-,17-,18+,19-,20+/m1/s1/i8D2. The summed E-state index contributed by atoms with van der Waals surface area (Å²) in [6, 6.07) is 11.0. The average Bonchev–Trinajstić information content (AvgIpc) is 2.73. The van der Waals surface area contributed by atoms with E-state index in [9.17, 15) is 20.4 Å². The molecule has 0 unspecified atom stereocenters. The molecule has 0 bridgehead atoms. The van der Waals surface area contributed by atoms with Gasteiger partial charge in [-0.25, -0.2) is 0 Å². The first-order valence-electron chi connectivity index (χ1n) is 9.45. The number of methoxy groups -OCH3 is 1. The third-order valence-corrected chi connectivity index (χ3v) is 4.91. The number of rotatable bonds is 5. The summed E-state index contributed by atoms with van der Waals surface area (Å²) in [5.41, 5.74) is 0.864. The van der Waals surface area contributed by atoms with Crippen LogP contribution >= 0.6 is 11.6 Å². The van der Waals surface area contributed by atoms with Crippen molar-refractivity contribution in [2.75, 3.05) is 13.7 Å². The Bertz CT molecular complexity index is 845. The summed E-state index contributed by atoms with van der Waals surface area (Å²) in [6.07, 6.45) is -8.56. The number of hydrogen-bond donors (Lipinski definition) is 4. The Labute approximate surface area is 165 Å². The van der Waals surface area contributed by atoms with Gasteiger partial charge in [0.05, 0.1) is 13.7 Å². The van der Waals surface area contributed by atoms with Crippen molar-refractivity contribution in [2.45, 2.75) is 36.9 Å². The van der Waals surface area contributed by atoms with Crippen molar-refractivity contribution >= 4 is 11.6 Å². The number of aliphatic hydroxyl groups is 4. The highest BCUT2D eigenvalue weighted by atomic mass is 35.5. The van der Waals surface area contributed by atoms with Gasteiger partial charge in [0.25, 0.3) is 0 Å². The highest BCUT2D eigenvalue weighted by molar-refractivity contribution is 6.31. The minimum Gasteiger partial charge on any atom is -0.497 e. The fraction of sp³-hybridized carbons (Fsp3) is 0.400. The van der Waals surface area contributed by atoms with Crippen LogP contribution in [0, 0.1) is 0 Å². The minimum atomic E-state index is -1.96. The maximum Gasteiger partial charge on any atom is 0.118 e. The number of benzene rings is 2. The lowest BCUT2D eigenvalue weighted by Crippen LogP contribution is -2.55. The van der Waals surface area contributed by atoms with Crippen LogP contribution in [0.15, 0.2) is 42.5 Å². The Morgan fingerprint density at radius 2 is 1.78 bits per heavy atom. The van der Waals surface area contributed by atoms with Crippen molar-refractivity contribution in [3.63, 3.8) is 0 Å². The van der Waals surface area contributed by atoms with Crippen molar-refractivity contribution in [1.82, 2.24) is 0 Å². The fourth-order valence-electron chi connectivity index (χ4n) is 3.02. The van der Waals surface area contributed by atoms with Crippen LogP contribution in [0.2, 0.25) is 5.02 Å². The summed E-state index contributed by atoms with van der Waals surface area (Å²) in [7, 11) is 1.52. The van der Waals surface area contributed by atoms with Gasteiger partial charge in [0.2, 0.25) is 0 Å². The molecule has 7 heteroatoms. The second kappa shape index (κ2) is 8.56. The first kappa shape index (κ1) is 17.4. The Kier molecular flexibility index (Phi) is 5.53. The predicted octanol–water partition coefficient (Wildman–Crippen LogP) is 1.45. The summed E-state index contributed by atoms with van der Waals surface area (Å²) >= 11 is 6.27. The predicted molar refractivity (Wildman–Crippen MR) is 100.0 cm³/mol. The minimum absolute atomic E-state index is 0.152. The number of ether oxygens (including phenoxy) is 2. The van der Waals surface area contributed by atoms with Gasteiger partial charge in [-0.2, -0.15) is 0 Å². The van der Waals surface area contributed by atoms with Crippen LogP contribution in [-0.2, 0) is 11.1 Å². The highest BCUT2D eigenvalue weighted by Crippen LogP contribution is 2.34. The van der Waals surface area contributed by atoms with Gasteiger partial charge in [-0.15, -0.1) is 0 Å². The van der Waals surface area contributed by atoms with Crippen molar-refractivity contribution in [2.24, 2.45) is 0 Å². The van der Waals surface area contributed by atoms with E-state index in [0.29, 0.717) is 16.9 Å². The molecule has 0 amide bonds. The van der Waals surface area contributed by atoms with Crippen LogP contribution in [0.5, 0.6) is 5.75 Å². The lowest BCUT2D eigenvalue weighted by Gasteiger charge is -2.40. The molecule has 2 aromatic carbocycles. The van der Waals surface area contributed by atoms with E-state index in [2.05, 4.69) is 0 Å². The maximum absolute atomic E-state index is 10.4. The van der Waals surface area contributed by atoms with Gasteiger partial charge in [-0.3, -0.25) is 0 Å². The molecule has 0 radical (unpaired) electrons. The summed E-state index contributed by atoms with van der Waals surface area (Å²) in [5, 5.41) is 39.9. The Balaban J connectivity index is 1.99. The van der Waals surface area contributed by atoms with Crippen molar-refractivity contribution in [3.05, 3.63) is 64.2 Å². The van der Waals surface area contributed by atoms with Crippen molar-refractivity contribution in [1.29, 1.82) is 0 Å². The van der Waals surface area contributed by atoms with E-state index >= 15 is 0 Å². The molecule has 1 fully saturated rings. The highest BCUT2D eigenvalue weighted by Gasteiger charge is 2.43. The quantitative estimate of drug-likeness (QED) is 0.610. The first-order valence-corrected chi connectivity index (χ1v) is 8.83. The average molecular weight is 397 g/mol. The van der Waals surface area contributed by atoms with Crippen LogP contribution < -0.4 is 4.74 Å². The normalized spacial score (nSPS) is 29.8. The van der Waals surface area contributed by atoms with Crippen LogP contribution in [0.3, 0.4) is 0 Å². The summed E-state index contributed by atoms with van der Waals surface area (Å²) in [5.74, 6) is 0.589. The van der Waals surface area contributed by atoms with E-state index in [1.165, 1.54) is 19.2 Å². The second-order valence-corrected chi connectivity index (χ2v) is 6.75. The molecule has 146 valence electrons. The van der Waals surface area contributed by atoms with Crippen LogP contribution in [0.25, 0.3) is 0 Å². The third kappa shape index (κ3) is 4.27. The monoisotopic (exact) mass is 396 g/mol. The zero-order valence-corrected chi connectivity index (χ0v) is 15.4. The zero-order valence-electron chi connectivity index (χ0n) is 16.6. The zero-order chi connectivity index (χ0) is 21.3. The third-order valence-electron chi connectivity index (χ3n) is 4.58. The van der Waals surface area contributed by atoms with E-state index in [0.717, 1.165) is 0 Å². The van der Waals surface area contributed by atoms with Crippen molar-refractivity contribution in [3.8, 4) is 5.75 Å². The molecular weight excluding hydrogens is 372 g/mol. The fourth-order valence-corrected chi connectivity index (χ4v) is 3.19. The van der Waals surface area contributed by atoms with E-state index < -0.39 is 43.5 Å². The molecular formula is C20H23ClO6. The lowest BCUT2D eigenvalue weighted by molar-refractivity contribution is -0.231. The molecule has 0 aliphatic carbocycles. The van der Waals surface area contributed by atoms with Crippen LogP contribution in [0.1, 0.15) is 25.5 Å². The summed E-state index contributed by atoms with van der Waals surface area (Å²) < 4.78 is 27.9. The van der Waals surface area contributed by atoms with Gasteiger partial charge in [0.15, 0.2) is 0 Å². The summed E-state index contributed by atoms with van der Waals surface area (Å²) in [6.45, 7) is -0.547. The molecule has 6 nitrogen and oxygen atoms in total. The van der Waals surface area contributed by atoms with Gasteiger partial charge in [0.1, 0.15) is 36.3 Å². The lowest BCUT2D eigenvalue weighted by atomic mass is 9.90. The number of hydrogen-bond acceptors (Lipinski definition) is 6. The van der Waals surface area contributed by atoms with Gasteiger partial charge in [0, 0.05) is 7.76 Å². The molecule has 1 saturated heterocycles. The second-order valence-electron chi connectivity index (χ2n) is 6.34. The van der Waals surface area contributed by atoms with E-state index in [1.807, 2.05) is 0 Å². The van der Waals surface area contributed by atoms with Gasteiger partial charge < -0.3 is 29.9 Å². The number of aliphatic hydroxyl groups excluding tert-OH is 4. The molecule has 1 heterocycles. The first-order chi connectivity index (χ1) is 13.7. The van der Waals surface area contributed by atoms with E-state index in [1.54, 1.807) is 30.3 Å². The molecule has 1 aliphatic rings. The van der Waals surface area contributed by atoms with Crippen molar-refractivity contribution < 1.29 is 32.6 Å². The Morgan fingerprint density at radius 3 is 2.41 bits per heavy atom. The maximum atomic E-state index is 10.4. The molecule has 27 heavy (non-hydrogen) atoms. The number of halogens is 1. The smallest absolute Gasteiger partial charge is 0.118 e. The molecule has 0 saturated carbocycles.